The van der Waals surface area contributed by atoms with Crippen molar-refractivity contribution >= 4 is 22.2 Å². The molecule has 1 fully saturated rings. The number of imidazole rings is 1. The molecule has 0 saturated carbocycles. The van der Waals surface area contributed by atoms with Crippen molar-refractivity contribution in [2.45, 2.75) is 19.8 Å². The maximum atomic E-state index is 12.9. The molecule has 3 heterocycles. The molecule has 25 heavy (non-hydrogen) atoms. The first-order valence-corrected chi connectivity index (χ1v) is 9.44. The maximum Gasteiger partial charge on any atom is 0.271 e. The summed E-state index contributed by atoms with van der Waals surface area (Å²) in [6.45, 7) is 3.90. The number of piperidine rings is 1. The number of likely N-dealkylation sites (tertiary alicyclic amines) is 1. The minimum Gasteiger partial charge on any atom is -0.497 e. The van der Waals surface area contributed by atoms with Gasteiger partial charge in [0, 0.05) is 30.2 Å². The second-order valence-electron chi connectivity index (χ2n) is 6.63. The number of benzene rings is 1. The zero-order valence-electron chi connectivity index (χ0n) is 14.4. The summed E-state index contributed by atoms with van der Waals surface area (Å²) in [5.41, 5.74) is 2.54. The number of methoxy groups -OCH3 is 1. The van der Waals surface area contributed by atoms with Crippen molar-refractivity contribution in [3.8, 4) is 17.0 Å². The van der Waals surface area contributed by atoms with Crippen LogP contribution >= 0.6 is 11.3 Å². The first-order valence-electron chi connectivity index (χ1n) is 8.56. The van der Waals surface area contributed by atoms with Crippen LogP contribution in [0.1, 0.15) is 30.3 Å². The van der Waals surface area contributed by atoms with Crippen LogP contribution in [-0.2, 0) is 0 Å². The molecule has 1 aromatic carbocycles. The Balaban J connectivity index is 1.67. The lowest BCUT2D eigenvalue weighted by atomic mass is 10.0. The van der Waals surface area contributed by atoms with Crippen molar-refractivity contribution in [2.24, 2.45) is 5.92 Å². The van der Waals surface area contributed by atoms with Crippen molar-refractivity contribution in [2.75, 3.05) is 20.2 Å². The number of carbonyl (C=O) groups is 1. The average Bonchev–Trinajstić information content (AvgIpc) is 3.22. The first-order chi connectivity index (χ1) is 12.2. The van der Waals surface area contributed by atoms with Gasteiger partial charge in [0.1, 0.15) is 11.4 Å². The van der Waals surface area contributed by atoms with Crippen molar-refractivity contribution < 1.29 is 9.53 Å². The number of nitrogens with zero attached hydrogens (tertiary/aromatic N) is 3. The normalized spacial score (nSPS) is 17.8. The number of hydrogen-bond donors (Lipinski definition) is 0. The maximum absolute atomic E-state index is 12.9. The molecule has 0 radical (unpaired) electrons. The molecule has 0 aliphatic carbocycles. The lowest BCUT2D eigenvalue weighted by Crippen LogP contribution is -2.39. The molecular weight excluding hydrogens is 334 g/mol. The Hall–Kier alpha value is -2.34. The second-order valence-corrected chi connectivity index (χ2v) is 7.47. The number of fused-ring (bicyclic) bond motifs is 1. The number of aromatic nitrogens is 2. The van der Waals surface area contributed by atoms with Crippen LogP contribution in [0.3, 0.4) is 0 Å². The average molecular weight is 355 g/mol. The lowest BCUT2D eigenvalue weighted by Gasteiger charge is -2.30. The molecule has 6 heteroatoms. The van der Waals surface area contributed by atoms with E-state index in [1.54, 1.807) is 7.11 Å². The van der Waals surface area contributed by atoms with Gasteiger partial charge in [-0.3, -0.25) is 9.20 Å². The van der Waals surface area contributed by atoms with E-state index in [1.165, 1.54) is 17.8 Å². The number of amides is 1. The lowest BCUT2D eigenvalue weighted by molar-refractivity contribution is 0.0676. The van der Waals surface area contributed by atoms with Crippen LogP contribution in [0.2, 0.25) is 0 Å². The highest BCUT2D eigenvalue weighted by Crippen LogP contribution is 2.27. The fraction of sp³-hybridized carbons (Fsp3) is 0.368. The van der Waals surface area contributed by atoms with Gasteiger partial charge in [0.15, 0.2) is 4.96 Å². The molecule has 0 spiro atoms. The van der Waals surface area contributed by atoms with E-state index in [0.717, 1.165) is 41.5 Å². The zero-order chi connectivity index (χ0) is 17.4. The minimum atomic E-state index is 0.104. The van der Waals surface area contributed by atoms with E-state index in [-0.39, 0.29) is 5.91 Å². The molecule has 130 valence electrons. The van der Waals surface area contributed by atoms with Crippen LogP contribution in [-0.4, -0.2) is 40.4 Å². The van der Waals surface area contributed by atoms with Gasteiger partial charge in [0.05, 0.1) is 12.8 Å². The Morgan fingerprint density at radius 1 is 1.40 bits per heavy atom. The molecule has 1 saturated heterocycles. The highest BCUT2D eigenvalue weighted by atomic mass is 32.1. The van der Waals surface area contributed by atoms with E-state index in [9.17, 15) is 4.79 Å². The summed E-state index contributed by atoms with van der Waals surface area (Å²) in [5, 5.41) is 1.92. The van der Waals surface area contributed by atoms with Gasteiger partial charge in [-0.2, -0.15) is 0 Å². The molecule has 0 bridgehead atoms. The van der Waals surface area contributed by atoms with Crippen molar-refractivity contribution in [3.63, 3.8) is 0 Å². The molecule has 1 aliphatic rings. The van der Waals surface area contributed by atoms with E-state index >= 15 is 0 Å². The molecule has 4 rings (SSSR count). The van der Waals surface area contributed by atoms with E-state index in [4.69, 9.17) is 4.74 Å². The summed E-state index contributed by atoms with van der Waals surface area (Å²) >= 11 is 1.51. The van der Waals surface area contributed by atoms with Crippen molar-refractivity contribution in [1.82, 2.24) is 14.3 Å². The van der Waals surface area contributed by atoms with Gasteiger partial charge in [0.25, 0.3) is 5.91 Å². The molecule has 5 nitrogen and oxygen atoms in total. The number of thiazole rings is 1. The monoisotopic (exact) mass is 355 g/mol. The fourth-order valence-corrected chi connectivity index (χ4v) is 4.24. The number of carbonyl (C=O) groups excluding carboxylic acids is 1. The highest BCUT2D eigenvalue weighted by molar-refractivity contribution is 7.15. The third-order valence-corrected chi connectivity index (χ3v) is 5.58. The van der Waals surface area contributed by atoms with Gasteiger partial charge >= 0.3 is 0 Å². The summed E-state index contributed by atoms with van der Waals surface area (Å²) in [7, 11) is 1.65. The molecular formula is C19H21N3O2S. The minimum absolute atomic E-state index is 0.104. The molecule has 1 atom stereocenters. The second kappa shape index (κ2) is 6.52. The van der Waals surface area contributed by atoms with Crippen LogP contribution < -0.4 is 4.74 Å². The number of rotatable bonds is 3. The molecule has 1 aliphatic heterocycles. The van der Waals surface area contributed by atoms with E-state index < -0.39 is 0 Å². The topological polar surface area (TPSA) is 46.8 Å². The van der Waals surface area contributed by atoms with Crippen LogP contribution in [0.15, 0.2) is 35.8 Å². The molecule has 0 N–H and O–H groups in total. The summed E-state index contributed by atoms with van der Waals surface area (Å²) in [6.07, 6.45) is 4.23. The summed E-state index contributed by atoms with van der Waals surface area (Å²) < 4.78 is 7.21. The fourth-order valence-electron chi connectivity index (χ4n) is 3.40. The molecule has 2 aromatic heterocycles. The quantitative estimate of drug-likeness (QED) is 0.715. The Morgan fingerprint density at radius 2 is 2.28 bits per heavy atom. The third-order valence-electron chi connectivity index (χ3n) is 4.74. The smallest absolute Gasteiger partial charge is 0.271 e. The Kier molecular flexibility index (Phi) is 4.21. The largest absolute Gasteiger partial charge is 0.497 e. The van der Waals surface area contributed by atoms with Gasteiger partial charge < -0.3 is 9.64 Å². The van der Waals surface area contributed by atoms with E-state index in [2.05, 4.69) is 11.9 Å². The summed E-state index contributed by atoms with van der Waals surface area (Å²) in [5.74, 6) is 1.47. The Labute approximate surface area is 150 Å². The summed E-state index contributed by atoms with van der Waals surface area (Å²) in [6, 6.07) is 7.82. The highest BCUT2D eigenvalue weighted by Gasteiger charge is 2.25. The Bertz CT molecular complexity index is 914. The van der Waals surface area contributed by atoms with Crippen LogP contribution in [0.25, 0.3) is 16.2 Å². The molecule has 3 aromatic rings. The van der Waals surface area contributed by atoms with Crippen LogP contribution in [0.4, 0.5) is 0 Å². The standard InChI is InChI=1S/C19H21N3O2S/c1-13-5-4-8-21(10-13)18(23)17-12-25-19-20-16(11-22(17)19)14-6-3-7-15(9-14)24-2/h3,6-7,9,11-13H,4-5,8,10H2,1-2H3. The molecule has 1 amide bonds. The SMILES string of the molecule is COc1cccc(-c2cn3c(C(=O)N4CCCC(C)C4)csc3n2)c1. The van der Waals surface area contributed by atoms with Gasteiger partial charge in [-0.1, -0.05) is 19.1 Å². The van der Waals surface area contributed by atoms with Crippen LogP contribution in [0, 0.1) is 5.92 Å². The van der Waals surface area contributed by atoms with E-state index in [1.807, 2.05) is 45.1 Å². The van der Waals surface area contributed by atoms with Gasteiger partial charge in [0.2, 0.25) is 0 Å². The van der Waals surface area contributed by atoms with Crippen molar-refractivity contribution in [1.29, 1.82) is 0 Å². The van der Waals surface area contributed by atoms with Crippen molar-refractivity contribution in [3.05, 3.63) is 41.5 Å². The predicted octanol–water partition coefficient (Wildman–Crippen LogP) is 3.94. The number of hydrogen-bond acceptors (Lipinski definition) is 4. The van der Waals surface area contributed by atoms with Gasteiger partial charge in [-0.05, 0) is 30.9 Å². The van der Waals surface area contributed by atoms with Crippen LogP contribution in [0.5, 0.6) is 5.75 Å². The van der Waals surface area contributed by atoms with Gasteiger partial charge in [-0.25, -0.2) is 4.98 Å². The predicted molar refractivity (Wildman–Crippen MR) is 99.4 cm³/mol. The molecule has 1 unspecified atom stereocenters. The zero-order valence-corrected chi connectivity index (χ0v) is 15.3. The van der Waals surface area contributed by atoms with E-state index in [0.29, 0.717) is 11.6 Å². The Morgan fingerprint density at radius 3 is 3.08 bits per heavy atom. The first kappa shape index (κ1) is 16.1. The third kappa shape index (κ3) is 3.02. The summed E-state index contributed by atoms with van der Waals surface area (Å²) in [4.78, 5) is 20.4. The van der Waals surface area contributed by atoms with Gasteiger partial charge in [-0.15, -0.1) is 11.3 Å². The number of ether oxygens (including phenoxy) is 1.